The van der Waals surface area contributed by atoms with Gasteiger partial charge < -0.3 is 5.32 Å². The highest BCUT2D eigenvalue weighted by Gasteiger charge is 2.12. The molecular weight excluding hydrogens is 354 g/mol. The summed E-state index contributed by atoms with van der Waals surface area (Å²) in [5, 5.41) is 14.7. The summed E-state index contributed by atoms with van der Waals surface area (Å²) >= 11 is 1.44. The first-order valence-electron chi connectivity index (χ1n) is 9.50. The number of unbranched alkanes of at least 4 members (excludes halogenated alkanes) is 3. The van der Waals surface area contributed by atoms with Crippen LogP contribution in [0.1, 0.15) is 32.6 Å². The van der Waals surface area contributed by atoms with Gasteiger partial charge in [0.05, 0.1) is 5.75 Å². The van der Waals surface area contributed by atoms with Crippen LogP contribution in [0.5, 0.6) is 0 Å². The van der Waals surface area contributed by atoms with Crippen LogP contribution in [0.25, 0.3) is 22.0 Å². The number of amides is 1. The topological polar surface area (TPSA) is 54.9 Å². The molecule has 0 spiro atoms. The molecule has 1 aromatic heterocycles. The molecule has 0 aliphatic rings. The second-order valence-corrected chi connectivity index (χ2v) is 7.43. The van der Waals surface area contributed by atoms with E-state index in [-0.39, 0.29) is 5.91 Å². The highest BCUT2D eigenvalue weighted by molar-refractivity contribution is 8.00. The molecule has 3 aromatic rings. The van der Waals surface area contributed by atoms with E-state index in [1.54, 1.807) is 0 Å². The quantitative estimate of drug-likeness (QED) is 0.416. The SMILES string of the molecule is CCCCCCNC(=O)CSc1nnc(-c2ccccc2)c2ccccc12. The predicted octanol–water partition coefficient (Wildman–Crippen LogP) is 5.09. The lowest BCUT2D eigenvalue weighted by molar-refractivity contribution is -0.118. The average Bonchev–Trinajstić information content (AvgIpc) is 2.72. The number of aromatic nitrogens is 2. The van der Waals surface area contributed by atoms with Gasteiger partial charge >= 0.3 is 0 Å². The van der Waals surface area contributed by atoms with Crippen LogP contribution in [-0.2, 0) is 4.79 Å². The van der Waals surface area contributed by atoms with Gasteiger partial charge in [-0.3, -0.25) is 4.79 Å². The maximum atomic E-state index is 12.1. The van der Waals surface area contributed by atoms with E-state index in [1.807, 2.05) is 48.5 Å². The van der Waals surface area contributed by atoms with E-state index in [0.717, 1.165) is 40.0 Å². The summed E-state index contributed by atoms with van der Waals surface area (Å²) in [6, 6.07) is 18.2. The summed E-state index contributed by atoms with van der Waals surface area (Å²) in [6.07, 6.45) is 4.63. The van der Waals surface area contributed by atoms with Crippen LogP contribution in [0.2, 0.25) is 0 Å². The molecule has 0 aliphatic carbocycles. The second kappa shape index (κ2) is 10.1. The maximum Gasteiger partial charge on any atom is 0.230 e. The van der Waals surface area contributed by atoms with Crippen molar-refractivity contribution in [1.82, 2.24) is 15.5 Å². The fraction of sp³-hybridized carbons (Fsp3) is 0.318. The zero-order chi connectivity index (χ0) is 18.9. The molecule has 4 nitrogen and oxygen atoms in total. The van der Waals surface area contributed by atoms with Crippen LogP contribution in [0.3, 0.4) is 0 Å². The number of hydrogen-bond donors (Lipinski definition) is 1. The molecule has 3 rings (SSSR count). The summed E-state index contributed by atoms with van der Waals surface area (Å²) in [5.41, 5.74) is 1.92. The number of rotatable bonds is 9. The Morgan fingerprint density at radius 1 is 0.926 bits per heavy atom. The Balaban J connectivity index is 1.68. The molecular formula is C22H25N3OS. The summed E-state index contributed by atoms with van der Waals surface area (Å²) in [6.45, 7) is 2.93. The van der Waals surface area contributed by atoms with Crippen LogP contribution in [0, 0.1) is 0 Å². The molecule has 1 heterocycles. The van der Waals surface area contributed by atoms with Crippen molar-refractivity contribution in [2.45, 2.75) is 37.6 Å². The van der Waals surface area contributed by atoms with Crippen molar-refractivity contribution in [1.29, 1.82) is 0 Å². The molecule has 0 unspecified atom stereocenters. The Morgan fingerprint density at radius 3 is 2.44 bits per heavy atom. The smallest absolute Gasteiger partial charge is 0.230 e. The molecule has 0 bridgehead atoms. The first-order chi connectivity index (χ1) is 13.3. The molecule has 2 aromatic carbocycles. The van der Waals surface area contributed by atoms with Crippen LogP contribution < -0.4 is 5.32 Å². The Kier molecular flexibility index (Phi) is 7.22. The largest absolute Gasteiger partial charge is 0.355 e. The van der Waals surface area contributed by atoms with Gasteiger partial charge in [-0.25, -0.2) is 0 Å². The third-order valence-electron chi connectivity index (χ3n) is 4.39. The van der Waals surface area contributed by atoms with E-state index >= 15 is 0 Å². The van der Waals surface area contributed by atoms with Crippen LogP contribution >= 0.6 is 11.8 Å². The van der Waals surface area contributed by atoms with Crippen molar-refractivity contribution in [2.24, 2.45) is 0 Å². The van der Waals surface area contributed by atoms with Crippen LogP contribution in [-0.4, -0.2) is 28.4 Å². The first kappa shape index (κ1) is 19.4. The lowest BCUT2D eigenvalue weighted by Crippen LogP contribution is -2.26. The van der Waals surface area contributed by atoms with E-state index in [9.17, 15) is 4.79 Å². The summed E-state index contributed by atoms with van der Waals surface area (Å²) < 4.78 is 0. The number of hydrogen-bond acceptors (Lipinski definition) is 4. The summed E-state index contributed by atoms with van der Waals surface area (Å²) in [5.74, 6) is 0.409. The Bertz CT molecular complexity index is 883. The Labute approximate surface area is 164 Å². The van der Waals surface area contributed by atoms with Crippen molar-refractivity contribution < 1.29 is 4.79 Å². The Hall–Kier alpha value is -2.40. The van der Waals surface area contributed by atoms with Gasteiger partial charge in [0, 0.05) is 22.9 Å². The molecule has 0 saturated heterocycles. The standard InChI is InChI=1S/C22H25N3OS/c1-2-3-4-10-15-23-20(26)16-27-22-19-14-9-8-13-18(19)21(24-25-22)17-11-6-5-7-12-17/h5-9,11-14H,2-4,10,15-16H2,1H3,(H,23,26). The highest BCUT2D eigenvalue weighted by Crippen LogP contribution is 2.31. The molecule has 140 valence electrons. The molecule has 5 heteroatoms. The third kappa shape index (κ3) is 5.30. The zero-order valence-electron chi connectivity index (χ0n) is 15.6. The molecule has 0 aliphatic heterocycles. The molecule has 0 fully saturated rings. The van der Waals surface area contributed by atoms with E-state index in [0.29, 0.717) is 5.75 Å². The van der Waals surface area contributed by atoms with Crippen molar-refractivity contribution in [3.05, 3.63) is 54.6 Å². The van der Waals surface area contributed by atoms with E-state index < -0.39 is 0 Å². The first-order valence-corrected chi connectivity index (χ1v) is 10.5. The average molecular weight is 380 g/mol. The lowest BCUT2D eigenvalue weighted by Gasteiger charge is -2.09. The molecule has 0 radical (unpaired) electrons. The Morgan fingerprint density at radius 2 is 1.67 bits per heavy atom. The van der Waals surface area contributed by atoms with Gasteiger partial charge in [0.25, 0.3) is 0 Å². The number of nitrogens with one attached hydrogen (secondary N) is 1. The maximum absolute atomic E-state index is 12.1. The summed E-state index contributed by atoms with van der Waals surface area (Å²) in [4.78, 5) is 12.1. The normalized spacial score (nSPS) is 10.9. The number of carbonyl (C=O) groups excluding carboxylic acids is 1. The van der Waals surface area contributed by atoms with E-state index in [4.69, 9.17) is 0 Å². The monoisotopic (exact) mass is 379 g/mol. The van der Waals surface area contributed by atoms with Crippen molar-refractivity contribution in [3.63, 3.8) is 0 Å². The van der Waals surface area contributed by atoms with Gasteiger partial charge in [-0.15, -0.1) is 10.2 Å². The molecule has 0 atom stereocenters. The highest BCUT2D eigenvalue weighted by atomic mass is 32.2. The minimum Gasteiger partial charge on any atom is -0.355 e. The van der Waals surface area contributed by atoms with Gasteiger partial charge in [-0.05, 0) is 6.42 Å². The zero-order valence-corrected chi connectivity index (χ0v) is 16.5. The molecule has 27 heavy (non-hydrogen) atoms. The lowest BCUT2D eigenvalue weighted by atomic mass is 10.1. The number of benzene rings is 2. The van der Waals surface area contributed by atoms with Gasteiger partial charge in [-0.2, -0.15) is 0 Å². The molecule has 0 saturated carbocycles. The van der Waals surface area contributed by atoms with Gasteiger partial charge in [0.15, 0.2) is 0 Å². The minimum absolute atomic E-state index is 0.0505. The van der Waals surface area contributed by atoms with Crippen LogP contribution in [0.15, 0.2) is 59.6 Å². The molecule has 1 N–H and O–H groups in total. The van der Waals surface area contributed by atoms with Crippen LogP contribution in [0.4, 0.5) is 0 Å². The number of fused-ring (bicyclic) bond motifs is 1. The fourth-order valence-electron chi connectivity index (χ4n) is 2.96. The number of thioether (sulfide) groups is 1. The van der Waals surface area contributed by atoms with Crippen molar-refractivity contribution in [3.8, 4) is 11.3 Å². The second-order valence-electron chi connectivity index (χ2n) is 6.46. The summed E-state index contributed by atoms with van der Waals surface area (Å²) in [7, 11) is 0. The van der Waals surface area contributed by atoms with Gasteiger partial charge in [0.1, 0.15) is 10.7 Å². The van der Waals surface area contributed by atoms with Gasteiger partial charge in [-0.1, -0.05) is 92.5 Å². The van der Waals surface area contributed by atoms with Crippen molar-refractivity contribution >= 4 is 28.4 Å². The van der Waals surface area contributed by atoms with Crippen molar-refractivity contribution in [2.75, 3.05) is 12.3 Å². The number of carbonyl (C=O) groups is 1. The third-order valence-corrected chi connectivity index (χ3v) is 5.37. The fourth-order valence-corrected chi connectivity index (χ4v) is 3.76. The minimum atomic E-state index is 0.0505. The molecule has 1 amide bonds. The van der Waals surface area contributed by atoms with E-state index in [2.05, 4.69) is 28.5 Å². The predicted molar refractivity (Wildman–Crippen MR) is 113 cm³/mol. The van der Waals surface area contributed by atoms with E-state index in [1.165, 1.54) is 31.0 Å². The van der Waals surface area contributed by atoms with Gasteiger partial charge in [0.2, 0.25) is 5.91 Å². The number of nitrogens with zero attached hydrogens (tertiary/aromatic N) is 2.